The van der Waals surface area contributed by atoms with E-state index in [-0.39, 0.29) is 11.1 Å². The topological polar surface area (TPSA) is 17.0 Å². The Morgan fingerprint density at radius 2 is 1.59 bits per heavy atom. The van der Waals surface area contributed by atoms with Crippen LogP contribution in [0.5, 0.6) is 0 Å². The normalized spacial score (nSPS) is 11.7. The lowest BCUT2D eigenvalue weighted by Crippen LogP contribution is -2.31. The van der Waals surface area contributed by atoms with Gasteiger partial charge in [0.1, 0.15) is 29.8 Å². The van der Waals surface area contributed by atoms with Crippen LogP contribution < -0.4 is 4.57 Å². The largest absolute Gasteiger partial charge is 0.454 e. The van der Waals surface area contributed by atoms with E-state index in [0.29, 0.717) is 27.8 Å². The van der Waals surface area contributed by atoms with Gasteiger partial charge in [-0.15, -0.1) is 0 Å². The third-order valence-corrected chi connectivity index (χ3v) is 6.17. The van der Waals surface area contributed by atoms with Crippen LogP contribution in [0.1, 0.15) is 30.9 Å². The number of nitrogens with zero attached hydrogens (tertiary/aromatic N) is 1. The van der Waals surface area contributed by atoms with E-state index in [1.165, 1.54) is 5.56 Å². The maximum Gasteiger partial charge on any atom is 0.216 e. The van der Waals surface area contributed by atoms with E-state index in [9.17, 15) is 4.39 Å². The predicted molar refractivity (Wildman–Crippen MR) is 125 cm³/mol. The van der Waals surface area contributed by atoms with Crippen LogP contribution in [0.2, 0.25) is 0 Å². The molecule has 0 unspecified atom stereocenters. The van der Waals surface area contributed by atoms with Crippen molar-refractivity contribution in [1.29, 1.82) is 0 Å². The molecule has 0 saturated carbocycles. The van der Waals surface area contributed by atoms with Crippen LogP contribution in [0, 0.1) is 18.6 Å². The Balaban J connectivity index is 1.88. The van der Waals surface area contributed by atoms with Gasteiger partial charge in [0.15, 0.2) is 6.20 Å². The molecule has 0 atom stereocenters. The summed E-state index contributed by atoms with van der Waals surface area (Å²) in [6.45, 7) is 6.32. The summed E-state index contributed by atoms with van der Waals surface area (Å²) >= 11 is 0. The van der Waals surface area contributed by atoms with E-state index < -0.39 is 11.6 Å². The van der Waals surface area contributed by atoms with Crippen LogP contribution >= 0.6 is 0 Å². The molecule has 0 aliphatic carbocycles. The van der Waals surface area contributed by atoms with Crippen molar-refractivity contribution in [2.75, 3.05) is 0 Å². The first-order valence-electron chi connectivity index (χ1n) is 10.8. The van der Waals surface area contributed by atoms with Crippen LogP contribution in [0.3, 0.4) is 0 Å². The molecule has 0 aliphatic rings. The smallest absolute Gasteiger partial charge is 0.216 e. The van der Waals surface area contributed by atoms with Gasteiger partial charge in [-0.25, -0.2) is 13.3 Å². The van der Waals surface area contributed by atoms with Crippen LogP contribution in [-0.4, -0.2) is 0 Å². The van der Waals surface area contributed by atoms with Crippen molar-refractivity contribution < 1.29 is 17.8 Å². The first kappa shape index (κ1) is 20.4. The van der Waals surface area contributed by atoms with Crippen molar-refractivity contribution in [2.45, 2.75) is 26.7 Å². The van der Waals surface area contributed by atoms with Crippen molar-refractivity contribution in [3.05, 3.63) is 89.6 Å². The van der Waals surface area contributed by atoms with Crippen LogP contribution in [0.15, 0.2) is 71.3 Å². The van der Waals surface area contributed by atoms with E-state index in [1.807, 2.05) is 44.3 Å². The van der Waals surface area contributed by atoms with Gasteiger partial charge in [-0.3, -0.25) is 0 Å². The second-order valence-corrected chi connectivity index (χ2v) is 8.63. The number of benzene rings is 3. The molecule has 2 aromatic heterocycles. The zero-order chi connectivity index (χ0) is 22.6. The summed E-state index contributed by atoms with van der Waals surface area (Å²) in [7, 11) is 2.00. The molecule has 0 bridgehead atoms. The van der Waals surface area contributed by atoms with E-state index in [0.717, 1.165) is 22.9 Å². The number of fused-ring (bicyclic) bond motifs is 3. The average Bonchev–Trinajstić information content (AvgIpc) is 3.14. The molecule has 2 nitrogen and oxygen atoms in total. The molecule has 0 saturated heterocycles. The first-order chi connectivity index (χ1) is 15.4. The second-order valence-electron chi connectivity index (χ2n) is 8.63. The van der Waals surface area contributed by atoms with Gasteiger partial charge in [0.05, 0.1) is 16.5 Å². The highest BCUT2D eigenvalue weighted by Gasteiger charge is 2.25. The van der Waals surface area contributed by atoms with Crippen molar-refractivity contribution in [1.82, 2.24) is 0 Å². The average molecular weight is 429 g/mol. The molecule has 160 valence electrons. The maximum absolute atomic E-state index is 15.1. The Morgan fingerprint density at radius 1 is 0.844 bits per heavy atom. The second kappa shape index (κ2) is 7.56. The molecule has 5 aromatic rings. The molecule has 5 rings (SSSR count). The first-order valence-corrected chi connectivity index (χ1v) is 10.8. The summed E-state index contributed by atoms with van der Waals surface area (Å²) in [6.07, 6.45) is 2.11. The Kier molecular flexibility index (Phi) is 4.81. The number of pyridine rings is 1. The molecule has 0 aliphatic heterocycles. The van der Waals surface area contributed by atoms with Crippen molar-refractivity contribution in [3.8, 4) is 22.4 Å². The standard InChI is InChI=1S/C28H24F2NO/c1-16(2)19-11-13-23(31(4)15-19)24-17(3)10-12-20-26-22(30)14-21(29)25(28(26)32-27(20)24)18-8-6-5-7-9-18/h5-16H,1-4H3/q+1. The third-order valence-electron chi connectivity index (χ3n) is 6.17. The van der Waals surface area contributed by atoms with Gasteiger partial charge in [-0.1, -0.05) is 56.3 Å². The molecule has 4 heteroatoms. The molecule has 0 N–H and O–H groups in total. The van der Waals surface area contributed by atoms with Crippen molar-refractivity contribution in [3.63, 3.8) is 0 Å². The number of hydrogen-bond acceptors (Lipinski definition) is 1. The summed E-state index contributed by atoms with van der Waals surface area (Å²) in [6, 6.07) is 18.1. The van der Waals surface area contributed by atoms with E-state index in [4.69, 9.17) is 4.42 Å². The van der Waals surface area contributed by atoms with E-state index in [1.54, 1.807) is 12.1 Å². The summed E-state index contributed by atoms with van der Waals surface area (Å²) in [5.41, 5.74) is 5.80. The van der Waals surface area contributed by atoms with Gasteiger partial charge in [0.25, 0.3) is 0 Å². The number of hydrogen-bond donors (Lipinski definition) is 0. The fourth-order valence-corrected chi connectivity index (χ4v) is 4.46. The third kappa shape index (κ3) is 3.10. The Bertz CT molecular complexity index is 1480. The van der Waals surface area contributed by atoms with Gasteiger partial charge in [0, 0.05) is 23.1 Å². The molecule has 3 aromatic carbocycles. The Labute approximate surface area is 185 Å². The lowest BCUT2D eigenvalue weighted by molar-refractivity contribution is -0.660. The monoisotopic (exact) mass is 428 g/mol. The molecule has 0 fully saturated rings. The highest BCUT2D eigenvalue weighted by Crippen LogP contribution is 2.42. The Hall–Kier alpha value is -3.53. The van der Waals surface area contributed by atoms with Gasteiger partial charge in [-0.2, -0.15) is 0 Å². The number of halogens is 2. The fraction of sp³-hybridized carbons (Fsp3) is 0.179. The molecule has 0 spiro atoms. The SMILES string of the molecule is Cc1ccc2c(oc3c(-c4ccccc4)c(F)cc(F)c32)c1-c1ccc(C(C)C)c[n+]1C. The molecule has 0 radical (unpaired) electrons. The quantitative estimate of drug-likeness (QED) is 0.273. The van der Waals surface area contributed by atoms with Gasteiger partial charge < -0.3 is 4.42 Å². The zero-order valence-electron chi connectivity index (χ0n) is 18.5. The van der Waals surface area contributed by atoms with Crippen molar-refractivity contribution in [2.24, 2.45) is 7.05 Å². The predicted octanol–water partition coefficient (Wildman–Crippen LogP) is 7.45. The summed E-state index contributed by atoms with van der Waals surface area (Å²) in [4.78, 5) is 0. The van der Waals surface area contributed by atoms with Gasteiger partial charge in [-0.05, 0) is 30.0 Å². The Morgan fingerprint density at radius 3 is 2.28 bits per heavy atom. The van der Waals surface area contributed by atoms with Gasteiger partial charge in [0.2, 0.25) is 5.69 Å². The summed E-state index contributed by atoms with van der Waals surface area (Å²) in [5, 5.41) is 0.950. The number of furan rings is 1. The fourth-order valence-electron chi connectivity index (χ4n) is 4.46. The van der Waals surface area contributed by atoms with Crippen LogP contribution in [0.4, 0.5) is 8.78 Å². The molecule has 0 amide bonds. The number of aromatic nitrogens is 1. The molecule has 2 heterocycles. The van der Waals surface area contributed by atoms with Crippen LogP contribution in [0.25, 0.3) is 44.3 Å². The number of rotatable bonds is 3. The summed E-state index contributed by atoms with van der Waals surface area (Å²) in [5.74, 6) is -0.848. The molecular weight excluding hydrogens is 404 g/mol. The maximum atomic E-state index is 15.1. The van der Waals surface area contributed by atoms with E-state index >= 15 is 4.39 Å². The molecule has 32 heavy (non-hydrogen) atoms. The highest BCUT2D eigenvalue weighted by molar-refractivity contribution is 6.13. The highest BCUT2D eigenvalue weighted by atomic mass is 19.1. The van der Waals surface area contributed by atoms with Crippen LogP contribution in [-0.2, 0) is 7.05 Å². The minimum atomic E-state index is -0.634. The summed E-state index contributed by atoms with van der Waals surface area (Å²) < 4.78 is 38.4. The van der Waals surface area contributed by atoms with Gasteiger partial charge >= 0.3 is 0 Å². The molecular formula is C28H24F2NO+. The number of aryl methyl sites for hydroxylation is 2. The lowest BCUT2D eigenvalue weighted by Gasteiger charge is -2.08. The van der Waals surface area contributed by atoms with E-state index in [2.05, 4.69) is 36.7 Å². The lowest BCUT2D eigenvalue weighted by atomic mass is 9.97. The minimum absolute atomic E-state index is 0.233. The van der Waals surface area contributed by atoms with Crippen molar-refractivity contribution >= 4 is 21.9 Å². The minimum Gasteiger partial charge on any atom is -0.454 e. The zero-order valence-corrected chi connectivity index (χ0v) is 18.5.